The van der Waals surface area contributed by atoms with Crippen LogP contribution in [0.4, 0.5) is 0 Å². The molecular formula is C62H62B3BrO6. The van der Waals surface area contributed by atoms with Gasteiger partial charge < -0.3 is 27.9 Å². The zero-order valence-electron chi connectivity index (χ0n) is 43.6. The molecule has 3 saturated heterocycles. The van der Waals surface area contributed by atoms with Gasteiger partial charge in [-0.1, -0.05) is 137 Å². The molecule has 0 saturated carbocycles. The van der Waals surface area contributed by atoms with Crippen molar-refractivity contribution < 1.29 is 27.9 Å². The van der Waals surface area contributed by atoms with E-state index in [4.69, 9.17) is 27.9 Å². The second-order valence-corrected chi connectivity index (χ2v) is 23.8. The highest BCUT2D eigenvalue weighted by molar-refractivity contribution is 9.10. The van der Waals surface area contributed by atoms with Crippen LogP contribution in [-0.4, -0.2) is 54.7 Å². The van der Waals surface area contributed by atoms with Crippen molar-refractivity contribution in [1.82, 2.24) is 0 Å². The molecule has 0 bridgehead atoms. The van der Waals surface area contributed by atoms with Crippen LogP contribution < -0.4 is 5.46 Å². The number of hydrogen-bond donors (Lipinski definition) is 0. The summed E-state index contributed by atoms with van der Waals surface area (Å²) in [5, 5.41) is 20.6. The summed E-state index contributed by atoms with van der Waals surface area (Å²) >= 11 is 3.62. The van der Waals surface area contributed by atoms with Gasteiger partial charge in [-0.05, 0) is 211 Å². The zero-order valence-corrected chi connectivity index (χ0v) is 45.2. The van der Waals surface area contributed by atoms with Crippen molar-refractivity contribution in [3.8, 4) is 0 Å². The van der Waals surface area contributed by atoms with Gasteiger partial charge in [-0.25, -0.2) is 0 Å². The first-order valence-electron chi connectivity index (χ1n) is 25.3. The Morgan fingerprint density at radius 2 is 0.542 bits per heavy atom. The molecule has 0 N–H and O–H groups in total. The average molecular weight is 1020 g/mol. The average Bonchev–Trinajstić information content (AvgIpc) is 3.82. The van der Waals surface area contributed by atoms with Crippen molar-refractivity contribution in [2.75, 3.05) is 0 Å². The third-order valence-electron chi connectivity index (χ3n) is 16.7. The van der Waals surface area contributed by atoms with Gasteiger partial charge >= 0.3 is 21.1 Å². The van der Waals surface area contributed by atoms with Crippen molar-refractivity contribution in [3.05, 3.63) is 162 Å². The van der Waals surface area contributed by atoms with Gasteiger partial charge in [-0.15, -0.1) is 0 Å². The summed E-state index contributed by atoms with van der Waals surface area (Å²) in [5.41, 5.74) is -1.07. The highest BCUT2D eigenvalue weighted by Gasteiger charge is 2.63. The minimum absolute atomic E-state index is 0.350. The Kier molecular flexibility index (Phi) is 11.8. The molecule has 362 valence electrons. The van der Waals surface area contributed by atoms with Crippen LogP contribution in [0.2, 0.25) is 0 Å². The molecule has 10 heteroatoms. The molecule has 6 nitrogen and oxygen atoms in total. The largest absolute Gasteiger partial charge is 0.494 e. The second kappa shape index (κ2) is 17.4. The lowest BCUT2D eigenvalue weighted by Crippen LogP contribution is -2.41. The lowest BCUT2D eigenvalue weighted by molar-refractivity contribution is 0.00578. The van der Waals surface area contributed by atoms with Gasteiger partial charge in [-0.3, -0.25) is 0 Å². The Labute approximate surface area is 433 Å². The molecule has 13 rings (SSSR count). The predicted octanol–water partition coefficient (Wildman–Crippen LogP) is 15.9. The van der Waals surface area contributed by atoms with Crippen LogP contribution in [-0.2, 0) is 27.9 Å². The monoisotopic (exact) mass is 1010 g/mol. The van der Waals surface area contributed by atoms with Crippen molar-refractivity contribution >= 4 is 129 Å². The molecule has 3 aliphatic rings. The van der Waals surface area contributed by atoms with E-state index in [0.717, 1.165) is 9.94 Å². The first-order chi connectivity index (χ1) is 34.0. The van der Waals surface area contributed by atoms with E-state index in [-0.39, 0.29) is 40.7 Å². The van der Waals surface area contributed by atoms with Gasteiger partial charge in [-0.2, -0.15) is 0 Å². The van der Waals surface area contributed by atoms with Crippen LogP contribution in [0.3, 0.4) is 0 Å². The Balaban J connectivity index is 0.000000122. The van der Waals surface area contributed by atoms with Gasteiger partial charge in [0.1, 0.15) is 0 Å². The fourth-order valence-electron chi connectivity index (χ4n) is 10.4. The van der Waals surface area contributed by atoms with Crippen molar-refractivity contribution in [1.29, 1.82) is 0 Å². The smallest absolute Gasteiger partial charge is 0.405 e. The molecule has 0 spiro atoms. The van der Waals surface area contributed by atoms with E-state index in [9.17, 15) is 0 Å². The first kappa shape index (κ1) is 49.0. The summed E-state index contributed by atoms with van der Waals surface area (Å²) in [7, 11) is -1.31. The Morgan fingerprint density at radius 3 is 0.889 bits per heavy atom. The van der Waals surface area contributed by atoms with Crippen molar-refractivity contribution in [3.63, 3.8) is 0 Å². The molecule has 0 radical (unpaired) electrons. The standard InChI is InChI=1S/C28H25BO2.C22H13Br.C12H24B2O4/c1-27(2)28(3,4)31-29(30-27)20-13-14-23-25-16-19-10-6-5-9-18(19)15-24(25)21-11-7-8-12-22(21)26(23)17-20;23-16-9-10-19-21-12-15-6-2-1-5-14(15)11-20(21)17-7-3-4-8-18(17)22(19)13-16;1-9(2)10(3,4)16-13(15-9)14-17-11(5,6)12(7,8)18-14/h5-17H,1-4H3;1-13H;1-8H3. The summed E-state index contributed by atoms with van der Waals surface area (Å²) in [4.78, 5) is 0. The maximum absolute atomic E-state index is 6.33. The van der Waals surface area contributed by atoms with Crippen LogP contribution in [0.5, 0.6) is 0 Å². The third-order valence-corrected chi connectivity index (χ3v) is 17.2. The van der Waals surface area contributed by atoms with Gasteiger partial charge in [0.2, 0.25) is 0 Å². The topological polar surface area (TPSA) is 55.4 Å². The quantitative estimate of drug-likeness (QED) is 0.0977. The van der Waals surface area contributed by atoms with Gasteiger partial charge in [0.25, 0.3) is 0 Å². The number of hydrogen-bond acceptors (Lipinski definition) is 6. The molecule has 0 amide bonds. The summed E-state index contributed by atoms with van der Waals surface area (Å²) in [6.07, 6.45) is 0. The highest BCUT2D eigenvalue weighted by Crippen LogP contribution is 2.44. The molecule has 10 aromatic carbocycles. The predicted molar refractivity (Wildman–Crippen MR) is 309 cm³/mol. The molecule has 3 fully saturated rings. The fourth-order valence-corrected chi connectivity index (χ4v) is 10.8. The number of rotatable bonds is 2. The van der Waals surface area contributed by atoms with E-state index in [0.29, 0.717) is 0 Å². The molecule has 72 heavy (non-hydrogen) atoms. The minimum atomic E-state index is -0.476. The molecule has 0 unspecified atom stereocenters. The molecular weight excluding hydrogens is 953 g/mol. The van der Waals surface area contributed by atoms with Crippen LogP contribution in [0.15, 0.2) is 162 Å². The molecule has 10 aromatic rings. The van der Waals surface area contributed by atoms with Crippen LogP contribution in [0, 0.1) is 0 Å². The van der Waals surface area contributed by atoms with Crippen LogP contribution in [0.25, 0.3) is 86.2 Å². The van der Waals surface area contributed by atoms with Gasteiger partial charge in [0.05, 0.1) is 33.6 Å². The second-order valence-electron chi connectivity index (χ2n) is 22.9. The Bertz CT molecular complexity index is 3710. The molecule has 0 aliphatic carbocycles. The maximum Gasteiger partial charge on any atom is 0.494 e. The third kappa shape index (κ3) is 8.32. The summed E-state index contributed by atoms with van der Waals surface area (Å²) in [6, 6.07) is 57.1. The molecule has 3 heterocycles. The number of halogens is 1. The van der Waals surface area contributed by atoms with E-state index in [1.807, 2.05) is 55.4 Å². The molecule has 0 atom stereocenters. The van der Waals surface area contributed by atoms with Crippen molar-refractivity contribution in [2.24, 2.45) is 0 Å². The normalized spacial score (nSPS) is 19.4. The molecule has 0 aromatic heterocycles. The van der Waals surface area contributed by atoms with Crippen molar-refractivity contribution in [2.45, 2.75) is 117 Å². The van der Waals surface area contributed by atoms with Crippen LogP contribution >= 0.6 is 15.9 Å². The van der Waals surface area contributed by atoms with Gasteiger partial charge in [0, 0.05) is 4.47 Å². The van der Waals surface area contributed by atoms with E-state index in [2.05, 4.69) is 201 Å². The fraction of sp³-hybridized carbons (Fsp3) is 0.290. The lowest BCUT2D eigenvalue weighted by Gasteiger charge is -2.32. The summed E-state index contributed by atoms with van der Waals surface area (Å²) in [5.74, 6) is 0. The zero-order chi connectivity index (χ0) is 50.8. The summed E-state index contributed by atoms with van der Waals surface area (Å²) in [6.45, 7) is 24.6. The van der Waals surface area contributed by atoms with E-state index in [1.165, 1.54) is 86.2 Å². The highest BCUT2D eigenvalue weighted by atomic mass is 79.9. The Hall–Kier alpha value is -5.29. The summed E-state index contributed by atoms with van der Waals surface area (Å²) < 4.78 is 37.6. The number of benzene rings is 10. The molecule has 3 aliphatic heterocycles. The van der Waals surface area contributed by atoms with E-state index >= 15 is 0 Å². The lowest BCUT2D eigenvalue weighted by atomic mass is 9.49. The number of fused-ring (bicyclic) bond motifs is 14. The van der Waals surface area contributed by atoms with E-state index < -0.39 is 14.0 Å². The van der Waals surface area contributed by atoms with E-state index in [1.54, 1.807) is 0 Å². The maximum atomic E-state index is 6.33. The first-order valence-corrected chi connectivity index (χ1v) is 26.1. The van der Waals surface area contributed by atoms with Crippen LogP contribution in [0.1, 0.15) is 83.1 Å². The van der Waals surface area contributed by atoms with Gasteiger partial charge in [0.15, 0.2) is 0 Å². The Morgan fingerprint density at radius 1 is 0.278 bits per heavy atom. The SMILES string of the molecule is Brc1ccc2c(c1)c1ccccc1c1cc3ccccc3cc21.CC1(C)OB(B2OC(C)(C)C(C)(C)O2)OC1(C)C.CC1(C)OB(c2ccc3c(c2)c2ccccc2c2cc4ccccc4cc32)OC1(C)C. The minimum Gasteiger partial charge on any atom is -0.405 e.